The van der Waals surface area contributed by atoms with Crippen LogP contribution in [0.4, 0.5) is 4.39 Å². The molecule has 0 aliphatic carbocycles. The Hall–Kier alpha value is -1.93. The van der Waals surface area contributed by atoms with E-state index >= 15 is 0 Å². The average molecular weight is 276 g/mol. The van der Waals surface area contributed by atoms with E-state index in [9.17, 15) is 9.18 Å². The van der Waals surface area contributed by atoms with Crippen molar-refractivity contribution in [2.24, 2.45) is 0 Å². The number of thiophene rings is 1. The quantitative estimate of drug-likeness (QED) is 0.863. The lowest BCUT2D eigenvalue weighted by Gasteiger charge is -2.14. The summed E-state index contributed by atoms with van der Waals surface area (Å²) in [5.74, 6) is -0.417. The molecule has 0 aliphatic rings. The molecule has 0 radical (unpaired) electrons. The van der Waals surface area contributed by atoms with Gasteiger partial charge < -0.3 is 4.90 Å². The normalized spacial score (nSPS) is 10.4. The van der Waals surface area contributed by atoms with Gasteiger partial charge in [0.1, 0.15) is 5.82 Å². The molecule has 0 saturated heterocycles. The Balaban J connectivity index is 2.38. The van der Waals surface area contributed by atoms with Crippen molar-refractivity contribution in [1.29, 1.82) is 5.26 Å². The molecule has 0 bridgehead atoms. The van der Waals surface area contributed by atoms with E-state index in [1.165, 1.54) is 28.4 Å². The lowest BCUT2D eigenvalue weighted by Crippen LogP contribution is -2.27. The van der Waals surface area contributed by atoms with Gasteiger partial charge in [-0.05, 0) is 36.1 Å². The molecule has 0 atom stereocenters. The minimum absolute atomic E-state index is 0.116. The molecule has 1 aromatic carbocycles. The van der Waals surface area contributed by atoms with Crippen molar-refractivity contribution in [1.82, 2.24) is 4.90 Å². The molecule has 0 N–H and O–H groups in total. The van der Waals surface area contributed by atoms with Crippen LogP contribution in [0.3, 0.4) is 0 Å². The number of aryl methyl sites for hydroxylation is 1. The van der Waals surface area contributed by atoms with Crippen LogP contribution in [0.1, 0.15) is 21.7 Å². The zero-order chi connectivity index (χ0) is 14.0. The van der Waals surface area contributed by atoms with Gasteiger partial charge in [-0.15, -0.1) is 11.3 Å². The third-order valence-corrected chi connectivity index (χ3v) is 4.26. The third kappa shape index (κ3) is 2.59. The van der Waals surface area contributed by atoms with Gasteiger partial charge in [-0.25, -0.2) is 4.39 Å². The monoisotopic (exact) mass is 276 g/mol. The van der Waals surface area contributed by atoms with Crippen LogP contribution in [0, 0.1) is 24.1 Å². The van der Waals surface area contributed by atoms with Crippen LogP contribution < -0.4 is 0 Å². The second kappa shape index (κ2) is 5.37. The summed E-state index contributed by atoms with van der Waals surface area (Å²) in [6, 6.07) is 6.55. The molecule has 1 heterocycles. The van der Waals surface area contributed by atoms with E-state index < -0.39 is 0 Å². The lowest BCUT2D eigenvalue weighted by atomic mass is 10.1. The van der Waals surface area contributed by atoms with Crippen molar-refractivity contribution in [3.8, 4) is 6.07 Å². The SMILES string of the molecule is Cc1c(C(=O)N(C)CCC#N)sc2ccc(F)cc12. The van der Waals surface area contributed by atoms with E-state index in [4.69, 9.17) is 5.26 Å². The molecule has 0 aliphatic heterocycles. The number of hydrogen-bond donors (Lipinski definition) is 0. The highest BCUT2D eigenvalue weighted by atomic mass is 32.1. The molecule has 3 nitrogen and oxygen atoms in total. The number of nitriles is 1. The fraction of sp³-hybridized carbons (Fsp3) is 0.286. The second-order valence-corrected chi connectivity index (χ2v) is 5.38. The largest absolute Gasteiger partial charge is 0.340 e. The molecule has 0 saturated carbocycles. The van der Waals surface area contributed by atoms with Gasteiger partial charge in [0, 0.05) is 18.3 Å². The number of fused-ring (bicyclic) bond motifs is 1. The van der Waals surface area contributed by atoms with Gasteiger partial charge in [0.15, 0.2) is 0 Å². The fourth-order valence-corrected chi connectivity index (χ4v) is 3.07. The molecular formula is C14H13FN2OS. The number of halogens is 1. The minimum atomic E-state index is -0.301. The molecule has 5 heteroatoms. The zero-order valence-corrected chi connectivity index (χ0v) is 11.6. The minimum Gasteiger partial charge on any atom is -0.340 e. The Bertz CT molecular complexity index is 672. The Labute approximate surface area is 114 Å². The molecule has 98 valence electrons. The summed E-state index contributed by atoms with van der Waals surface area (Å²) in [6.07, 6.45) is 0.306. The molecule has 0 unspecified atom stereocenters. The molecule has 2 aromatic rings. The van der Waals surface area contributed by atoms with Gasteiger partial charge in [-0.3, -0.25) is 4.79 Å². The summed E-state index contributed by atoms with van der Waals surface area (Å²) in [5, 5.41) is 9.32. The van der Waals surface area contributed by atoms with E-state index in [1.54, 1.807) is 13.1 Å². The van der Waals surface area contributed by atoms with Crippen molar-refractivity contribution in [3.63, 3.8) is 0 Å². The van der Waals surface area contributed by atoms with Crippen LogP contribution in [0.5, 0.6) is 0 Å². The topological polar surface area (TPSA) is 44.1 Å². The summed E-state index contributed by atoms with van der Waals surface area (Å²) in [4.78, 5) is 14.4. The highest BCUT2D eigenvalue weighted by molar-refractivity contribution is 7.21. The van der Waals surface area contributed by atoms with Crippen molar-refractivity contribution < 1.29 is 9.18 Å². The van der Waals surface area contributed by atoms with E-state index in [0.717, 1.165) is 15.6 Å². The van der Waals surface area contributed by atoms with Gasteiger partial charge in [0.2, 0.25) is 0 Å². The highest BCUT2D eigenvalue weighted by Crippen LogP contribution is 2.31. The molecule has 1 aromatic heterocycles. The van der Waals surface area contributed by atoms with E-state index in [0.29, 0.717) is 17.8 Å². The van der Waals surface area contributed by atoms with E-state index in [2.05, 4.69) is 0 Å². The van der Waals surface area contributed by atoms with Gasteiger partial charge in [-0.1, -0.05) is 0 Å². The van der Waals surface area contributed by atoms with Crippen molar-refractivity contribution >= 4 is 27.3 Å². The summed E-state index contributed by atoms with van der Waals surface area (Å²) >= 11 is 1.36. The number of carbonyl (C=O) groups is 1. The summed E-state index contributed by atoms with van der Waals surface area (Å²) in [5.41, 5.74) is 0.799. The van der Waals surface area contributed by atoms with Gasteiger partial charge >= 0.3 is 0 Å². The zero-order valence-electron chi connectivity index (χ0n) is 10.7. The molecular weight excluding hydrogens is 263 g/mol. The van der Waals surface area contributed by atoms with E-state index in [1.807, 2.05) is 13.0 Å². The molecule has 0 spiro atoms. The first-order valence-electron chi connectivity index (χ1n) is 5.85. The van der Waals surface area contributed by atoms with Crippen molar-refractivity contribution in [3.05, 3.63) is 34.5 Å². The van der Waals surface area contributed by atoms with Crippen molar-refractivity contribution in [2.75, 3.05) is 13.6 Å². The summed E-state index contributed by atoms with van der Waals surface area (Å²) in [7, 11) is 1.67. The van der Waals surface area contributed by atoms with Crippen LogP contribution in [0.2, 0.25) is 0 Å². The fourth-order valence-electron chi connectivity index (χ4n) is 1.89. The first-order valence-corrected chi connectivity index (χ1v) is 6.67. The number of hydrogen-bond acceptors (Lipinski definition) is 3. The van der Waals surface area contributed by atoms with Gasteiger partial charge in [0.05, 0.1) is 17.4 Å². The van der Waals surface area contributed by atoms with Crippen LogP contribution in [-0.2, 0) is 0 Å². The van der Waals surface area contributed by atoms with Crippen LogP contribution in [0.15, 0.2) is 18.2 Å². The van der Waals surface area contributed by atoms with Crippen molar-refractivity contribution in [2.45, 2.75) is 13.3 Å². The smallest absolute Gasteiger partial charge is 0.264 e. The molecule has 0 fully saturated rings. The number of nitrogens with zero attached hydrogens (tertiary/aromatic N) is 2. The maximum atomic E-state index is 13.2. The number of rotatable bonds is 3. The number of carbonyl (C=O) groups excluding carboxylic acids is 1. The summed E-state index contributed by atoms with van der Waals surface area (Å²) < 4.78 is 14.1. The second-order valence-electron chi connectivity index (χ2n) is 4.33. The maximum absolute atomic E-state index is 13.2. The summed E-state index contributed by atoms with van der Waals surface area (Å²) in [6.45, 7) is 2.22. The van der Waals surface area contributed by atoms with Crippen LogP contribution in [0.25, 0.3) is 10.1 Å². The predicted molar refractivity (Wildman–Crippen MR) is 73.7 cm³/mol. The standard InChI is InChI=1S/C14H13FN2OS/c1-9-11-8-10(15)4-5-12(11)19-13(9)14(18)17(2)7-3-6-16/h4-5,8H,3,7H2,1-2H3. The van der Waals surface area contributed by atoms with E-state index in [-0.39, 0.29) is 11.7 Å². The van der Waals surface area contributed by atoms with Gasteiger partial charge in [-0.2, -0.15) is 5.26 Å². The molecule has 2 rings (SSSR count). The third-order valence-electron chi connectivity index (χ3n) is 3.00. The highest BCUT2D eigenvalue weighted by Gasteiger charge is 2.18. The lowest BCUT2D eigenvalue weighted by molar-refractivity contribution is 0.0802. The Morgan fingerprint density at radius 3 is 2.95 bits per heavy atom. The molecule has 1 amide bonds. The Kier molecular flexibility index (Phi) is 3.82. The van der Waals surface area contributed by atoms with Crippen LogP contribution >= 0.6 is 11.3 Å². The predicted octanol–water partition coefficient (Wildman–Crippen LogP) is 3.33. The molecule has 19 heavy (non-hydrogen) atoms. The van der Waals surface area contributed by atoms with Crippen LogP contribution in [-0.4, -0.2) is 24.4 Å². The average Bonchev–Trinajstić information content (AvgIpc) is 2.72. The first kappa shape index (κ1) is 13.5. The number of benzene rings is 1. The number of amides is 1. The maximum Gasteiger partial charge on any atom is 0.264 e. The van der Waals surface area contributed by atoms with Gasteiger partial charge in [0.25, 0.3) is 5.91 Å². The Morgan fingerprint density at radius 1 is 1.53 bits per heavy atom. The first-order chi connectivity index (χ1) is 9.04. The Morgan fingerprint density at radius 2 is 2.26 bits per heavy atom.